The number of ether oxygens (including phenoxy) is 1. The summed E-state index contributed by atoms with van der Waals surface area (Å²) < 4.78 is 20.0. The summed E-state index contributed by atoms with van der Waals surface area (Å²) in [5, 5.41) is 17.9. The van der Waals surface area contributed by atoms with Crippen LogP contribution in [0.15, 0.2) is 42.5 Å². The highest BCUT2D eigenvalue weighted by atomic mass is 19.1. The second kappa shape index (κ2) is 13.3. The first-order chi connectivity index (χ1) is 20.3. The van der Waals surface area contributed by atoms with Crippen LogP contribution in [0.3, 0.4) is 0 Å². The molecule has 0 saturated carbocycles. The number of hydrogen-bond donors (Lipinski definition) is 2. The van der Waals surface area contributed by atoms with Crippen LogP contribution in [0.25, 0.3) is 11.4 Å². The quantitative estimate of drug-likeness (QED) is 0.437. The van der Waals surface area contributed by atoms with Gasteiger partial charge in [-0.25, -0.2) is 18.7 Å². The number of methoxy groups -OCH3 is 1. The lowest BCUT2D eigenvalue weighted by molar-refractivity contribution is 0.0702. The topological polar surface area (TPSA) is 118 Å². The van der Waals surface area contributed by atoms with E-state index in [1.807, 2.05) is 37.3 Å². The maximum atomic E-state index is 13.4. The van der Waals surface area contributed by atoms with Crippen molar-refractivity contribution in [3.05, 3.63) is 59.4 Å². The van der Waals surface area contributed by atoms with Crippen molar-refractivity contribution in [2.75, 3.05) is 45.2 Å². The summed E-state index contributed by atoms with van der Waals surface area (Å²) in [6.45, 7) is 5.62. The Kier molecular flexibility index (Phi) is 9.31. The second-order valence-corrected chi connectivity index (χ2v) is 11.5. The van der Waals surface area contributed by atoms with E-state index in [-0.39, 0.29) is 29.9 Å². The number of nitrogens with zero attached hydrogens (tertiary/aromatic N) is 6. The van der Waals surface area contributed by atoms with E-state index in [2.05, 4.69) is 31.1 Å². The normalized spacial score (nSPS) is 21.1. The number of likely N-dealkylation sites (tertiary alicyclic amines) is 2. The maximum absolute atomic E-state index is 13.4. The van der Waals surface area contributed by atoms with Crippen LogP contribution in [0.5, 0.6) is 0 Å². The molecule has 12 heteroatoms. The van der Waals surface area contributed by atoms with Gasteiger partial charge in [-0.2, -0.15) is 0 Å². The first kappa shape index (κ1) is 29.4. The molecule has 1 unspecified atom stereocenters. The van der Waals surface area contributed by atoms with E-state index >= 15 is 0 Å². The van der Waals surface area contributed by atoms with Crippen molar-refractivity contribution in [1.82, 2.24) is 35.3 Å². The maximum Gasteiger partial charge on any atom is 0.409 e. The van der Waals surface area contributed by atoms with Gasteiger partial charge in [0, 0.05) is 56.4 Å². The van der Waals surface area contributed by atoms with Gasteiger partial charge in [0.2, 0.25) is 0 Å². The largest absolute Gasteiger partial charge is 0.453 e. The Balaban J connectivity index is 1.24. The Hall–Kier alpha value is -4.06. The molecule has 0 aliphatic carbocycles. The van der Waals surface area contributed by atoms with E-state index in [1.54, 1.807) is 16.6 Å². The van der Waals surface area contributed by atoms with Gasteiger partial charge in [0.25, 0.3) is 0 Å². The van der Waals surface area contributed by atoms with Crippen molar-refractivity contribution < 1.29 is 18.7 Å². The Labute approximate surface area is 245 Å². The smallest absolute Gasteiger partial charge is 0.409 e. The van der Waals surface area contributed by atoms with Gasteiger partial charge in [-0.05, 0) is 97.0 Å². The van der Waals surface area contributed by atoms with E-state index in [4.69, 9.17) is 4.74 Å². The summed E-state index contributed by atoms with van der Waals surface area (Å²) in [6, 6.07) is 12.1. The van der Waals surface area contributed by atoms with Crippen LogP contribution in [0.4, 0.5) is 19.7 Å². The van der Waals surface area contributed by atoms with Crippen molar-refractivity contribution >= 4 is 17.8 Å². The van der Waals surface area contributed by atoms with E-state index in [1.165, 1.54) is 19.2 Å². The van der Waals surface area contributed by atoms with Gasteiger partial charge in [-0.15, -0.1) is 5.10 Å². The number of carbonyl (C=O) groups is 2. The van der Waals surface area contributed by atoms with Crippen LogP contribution < -0.4 is 10.6 Å². The van der Waals surface area contributed by atoms with Crippen molar-refractivity contribution in [2.24, 2.45) is 18.9 Å². The summed E-state index contributed by atoms with van der Waals surface area (Å²) in [6.07, 6.45) is 3.39. The number of urea groups is 1. The molecule has 2 fully saturated rings. The Morgan fingerprint density at radius 3 is 2.64 bits per heavy atom. The van der Waals surface area contributed by atoms with Gasteiger partial charge in [0.1, 0.15) is 5.82 Å². The molecule has 0 bridgehead atoms. The Morgan fingerprint density at radius 2 is 1.90 bits per heavy atom. The van der Waals surface area contributed by atoms with Crippen molar-refractivity contribution in [3.63, 3.8) is 0 Å². The molecule has 0 radical (unpaired) electrons. The fourth-order valence-electron chi connectivity index (χ4n) is 6.27. The molecule has 224 valence electrons. The molecule has 2 saturated heterocycles. The number of hydrogen-bond acceptors (Lipinski definition) is 7. The fraction of sp³-hybridized carbons (Fsp3) is 0.500. The van der Waals surface area contributed by atoms with Gasteiger partial charge in [-0.3, -0.25) is 0 Å². The Morgan fingerprint density at radius 1 is 1.10 bits per heavy atom. The number of piperidine rings is 2. The van der Waals surface area contributed by atoms with Crippen LogP contribution >= 0.6 is 0 Å². The molecule has 3 atom stereocenters. The first-order valence-corrected chi connectivity index (χ1v) is 14.5. The molecule has 2 aromatic carbocycles. The minimum Gasteiger partial charge on any atom is -0.453 e. The standard InChI is InChI=1S/C30H39FN8O3/c1-20-13-23(28-34-35-36-37(28)2)16-26(14-20)32-29(40)33-27-10-12-39(30(41)42-3)19-24(27)18-38-11-4-5-22(17-38)15-21-6-8-25(31)9-7-21/h6-9,13-14,16,22,24,27H,4-5,10-12,15,17-19H2,1-3H3,(H2,32,33,40)/t22?,24-,27-/m1/s1. The number of rotatable bonds is 7. The van der Waals surface area contributed by atoms with E-state index in [0.29, 0.717) is 36.9 Å². The third-order valence-electron chi connectivity index (χ3n) is 8.23. The van der Waals surface area contributed by atoms with Crippen molar-refractivity contribution in [3.8, 4) is 11.4 Å². The van der Waals surface area contributed by atoms with Crippen LogP contribution in [-0.2, 0) is 18.2 Å². The molecule has 2 aliphatic rings. The lowest BCUT2D eigenvalue weighted by Gasteiger charge is -2.42. The first-order valence-electron chi connectivity index (χ1n) is 14.5. The third kappa shape index (κ3) is 7.41. The molecule has 3 amide bonds. The number of nitrogens with one attached hydrogen (secondary N) is 2. The highest BCUT2D eigenvalue weighted by molar-refractivity contribution is 5.90. The summed E-state index contributed by atoms with van der Waals surface area (Å²) in [5.41, 5.74) is 3.56. The van der Waals surface area contributed by atoms with Gasteiger partial charge < -0.3 is 25.2 Å². The second-order valence-electron chi connectivity index (χ2n) is 11.5. The highest BCUT2D eigenvalue weighted by Gasteiger charge is 2.35. The average Bonchev–Trinajstić information content (AvgIpc) is 3.40. The summed E-state index contributed by atoms with van der Waals surface area (Å²) >= 11 is 0. The van der Waals surface area contributed by atoms with Gasteiger partial charge in [0.15, 0.2) is 5.82 Å². The SMILES string of the molecule is COC(=O)N1CC[C@@H](NC(=O)Nc2cc(C)cc(-c3nnnn3C)c2)[C@H](CN2CCCC(Cc3ccc(F)cc3)C2)C1. The molecule has 0 spiro atoms. The predicted molar refractivity (Wildman–Crippen MR) is 156 cm³/mol. The Bertz CT molecular complexity index is 1380. The zero-order valence-electron chi connectivity index (χ0n) is 24.4. The molecule has 5 rings (SSSR count). The van der Waals surface area contributed by atoms with E-state index in [9.17, 15) is 14.0 Å². The minimum atomic E-state index is -0.346. The minimum absolute atomic E-state index is 0.0333. The van der Waals surface area contributed by atoms with Gasteiger partial charge in [0.05, 0.1) is 7.11 Å². The van der Waals surface area contributed by atoms with Crippen LogP contribution in [0.2, 0.25) is 0 Å². The number of carbonyl (C=O) groups excluding carboxylic acids is 2. The number of aromatic nitrogens is 4. The summed E-state index contributed by atoms with van der Waals surface area (Å²) in [4.78, 5) is 29.8. The zero-order valence-corrected chi connectivity index (χ0v) is 24.4. The average molecular weight is 579 g/mol. The van der Waals surface area contributed by atoms with Gasteiger partial charge in [-0.1, -0.05) is 12.1 Å². The molecule has 42 heavy (non-hydrogen) atoms. The van der Waals surface area contributed by atoms with Crippen molar-refractivity contribution in [2.45, 2.75) is 38.6 Å². The molecule has 1 aromatic heterocycles. The number of halogens is 1. The van der Waals surface area contributed by atoms with Gasteiger partial charge >= 0.3 is 12.1 Å². The third-order valence-corrected chi connectivity index (χ3v) is 8.23. The lowest BCUT2D eigenvalue weighted by Crippen LogP contribution is -2.56. The number of anilines is 1. The van der Waals surface area contributed by atoms with Crippen molar-refractivity contribution in [1.29, 1.82) is 0 Å². The lowest BCUT2D eigenvalue weighted by atomic mass is 9.88. The fourth-order valence-corrected chi connectivity index (χ4v) is 6.27. The molecular formula is C30H39FN8O3. The molecule has 3 heterocycles. The number of amides is 3. The zero-order chi connectivity index (χ0) is 29.6. The molecule has 11 nitrogen and oxygen atoms in total. The number of aryl methyl sites for hydroxylation is 2. The van der Waals surface area contributed by atoms with Crippen LogP contribution in [0, 0.1) is 24.6 Å². The van der Waals surface area contributed by atoms with E-state index < -0.39 is 0 Å². The predicted octanol–water partition coefficient (Wildman–Crippen LogP) is 3.86. The summed E-state index contributed by atoms with van der Waals surface area (Å²) in [5.74, 6) is 0.895. The monoisotopic (exact) mass is 578 g/mol. The van der Waals surface area contributed by atoms with Crippen LogP contribution in [0.1, 0.15) is 30.4 Å². The molecule has 3 aromatic rings. The van der Waals surface area contributed by atoms with E-state index in [0.717, 1.165) is 55.6 Å². The highest BCUT2D eigenvalue weighted by Crippen LogP contribution is 2.26. The van der Waals surface area contributed by atoms with Crippen LogP contribution in [-0.4, -0.2) is 88.0 Å². The molecular weight excluding hydrogens is 539 g/mol. The summed E-state index contributed by atoms with van der Waals surface area (Å²) in [7, 11) is 3.17. The number of benzene rings is 2. The molecule has 2 N–H and O–H groups in total. The number of tetrazole rings is 1. The molecule has 2 aliphatic heterocycles.